The molecule has 0 aliphatic carbocycles. The molecule has 0 aliphatic rings. The van der Waals surface area contributed by atoms with E-state index >= 15 is 0 Å². The highest BCUT2D eigenvalue weighted by molar-refractivity contribution is 5.61. The van der Waals surface area contributed by atoms with Crippen LogP contribution in [0.3, 0.4) is 0 Å². The highest BCUT2D eigenvalue weighted by atomic mass is 16.6. The maximum Gasteiger partial charge on any atom is 0.271 e. The topological polar surface area (TPSA) is 82.2 Å². The largest absolute Gasteiger partial charge is 0.495 e. The molecule has 106 valence electrons. The molecule has 0 saturated carbocycles. The summed E-state index contributed by atoms with van der Waals surface area (Å²) in [6.45, 7) is 2.49. The fourth-order valence-corrected chi connectivity index (χ4v) is 1.86. The predicted octanol–water partition coefficient (Wildman–Crippen LogP) is 2.26. The summed E-state index contributed by atoms with van der Waals surface area (Å²) in [5.74, 6) is 0.567. The summed E-state index contributed by atoms with van der Waals surface area (Å²) in [6.07, 6.45) is 1.77. The summed E-state index contributed by atoms with van der Waals surface area (Å²) in [4.78, 5) is 10.4. The van der Waals surface area contributed by atoms with Gasteiger partial charge in [0.25, 0.3) is 5.69 Å². The number of nitrogens with zero attached hydrogens (tertiary/aromatic N) is 3. The molecule has 2 rings (SSSR count). The van der Waals surface area contributed by atoms with Crippen LogP contribution in [0.1, 0.15) is 11.3 Å². The van der Waals surface area contributed by atoms with E-state index in [0.29, 0.717) is 18.0 Å². The fourth-order valence-electron chi connectivity index (χ4n) is 1.86. The lowest BCUT2D eigenvalue weighted by Gasteiger charge is -2.10. The SMILES string of the molecule is COc1ccc([N+](=O)[O-])cc1NCc1cnn(C)c1C. The van der Waals surface area contributed by atoms with Crippen molar-refractivity contribution in [2.24, 2.45) is 7.05 Å². The van der Waals surface area contributed by atoms with Gasteiger partial charge < -0.3 is 10.1 Å². The number of nitro benzene ring substituents is 1. The Morgan fingerprint density at radius 2 is 2.25 bits per heavy atom. The molecule has 0 radical (unpaired) electrons. The number of hydrogen-bond acceptors (Lipinski definition) is 5. The molecule has 0 fully saturated rings. The number of rotatable bonds is 5. The smallest absolute Gasteiger partial charge is 0.271 e. The second kappa shape index (κ2) is 5.60. The third-order valence-corrected chi connectivity index (χ3v) is 3.20. The fraction of sp³-hybridized carbons (Fsp3) is 0.308. The van der Waals surface area contributed by atoms with Gasteiger partial charge in [-0.1, -0.05) is 0 Å². The third kappa shape index (κ3) is 2.71. The van der Waals surface area contributed by atoms with Gasteiger partial charge >= 0.3 is 0 Å². The predicted molar refractivity (Wildman–Crippen MR) is 74.9 cm³/mol. The van der Waals surface area contributed by atoms with Crippen LogP contribution < -0.4 is 10.1 Å². The normalized spacial score (nSPS) is 10.3. The Bertz CT molecular complexity index is 637. The van der Waals surface area contributed by atoms with E-state index in [2.05, 4.69) is 10.4 Å². The minimum Gasteiger partial charge on any atom is -0.495 e. The van der Waals surface area contributed by atoms with Crippen LogP contribution in [0, 0.1) is 17.0 Å². The maximum absolute atomic E-state index is 10.8. The zero-order valence-electron chi connectivity index (χ0n) is 11.6. The van der Waals surface area contributed by atoms with Crippen molar-refractivity contribution in [3.05, 3.63) is 45.8 Å². The molecule has 0 aliphatic heterocycles. The molecule has 7 nitrogen and oxygen atoms in total. The van der Waals surface area contributed by atoms with Crippen LogP contribution in [0.2, 0.25) is 0 Å². The molecule has 7 heteroatoms. The van der Waals surface area contributed by atoms with E-state index in [1.54, 1.807) is 16.9 Å². The van der Waals surface area contributed by atoms with Crippen LogP contribution in [0.15, 0.2) is 24.4 Å². The monoisotopic (exact) mass is 276 g/mol. The number of ether oxygens (including phenoxy) is 1. The minimum atomic E-state index is -0.431. The number of nitro groups is 1. The van der Waals surface area contributed by atoms with E-state index in [4.69, 9.17) is 4.74 Å². The Labute approximate surface area is 116 Å². The van der Waals surface area contributed by atoms with Gasteiger partial charge in [-0.05, 0) is 13.0 Å². The first-order valence-corrected chi connectivity index (χ1v) is 6.06. The van der Waals surface area contributed by atoms with Gasteiger partial charge in [-0.2, -0.15) is 5.10 Å². The van der Waals surface area contributed by atoms with Crippen molar-refractivity contribution in [1.82, 2.24) is 9.78 Å². The average molecular weight is 276 g/mol. The van der Waals surface area contributed by atoms with Gasteiger partial charge in [-0.15, -0.1) is 0 Å². The molecule has 1 N–H and O–H groups in total. The number of nitrogens with one attached hydrogen (secondary N) is 1. The van der Waals surface area contributed by atoms with Crippen LogP contribution >= 0.6 is 0 Å². The molecule has 1 heterocycles. The Hall–Kier alpha value is -2.57. The second-order valence-electron chi connectivity index (χ2n) is 4.37. The van der Waals surface area contributed by atoms with Crippen molar-refractivity contribution in [1.29, 1.82) is 0 Å². The Balaban J connectivity index is 2.21. The van der Waals surface area contributed by atoms with Crippen LogP contribution in [-0.2, 0) is 13.6 Å². The zero-order valence-corrected chi connectivity index (χ0v) is 11.6. The lowest BCUT2D eigenvalue weighted by molar-refractivity contribution is -0.384. The molecule has 0 spiro atoms. The molecular weight excluding hydrogens is 260 g/mol. The summed E-state index contributed by atoms with van der Waals surface area (Å²) in [5, 5.41) is 18.1. The zero-order chi connectivity index (χ0) is 14.7. The quantitative estimate of drug-likeness (QED) is 0.669. The number of aryl methyl sites for hydroxylation is 1. The summed E-state index contributed by atoms with van der Waals surface area (Å²) in [7, 11) is 3.40. The number of hydrogen-bond donors (Lipinski definition) is 1. The molecular formula is C13H16N4O3. The Morgan fingerprint density at radius 1 is 1.50 bits per heavy atom. The number of benzene rings is 1. The molecule has 0 unspecified atom stereocenters. The first-order valence-electron chi connectivity index (χ1n) is 6.06. The summed E-state index contributed by atoms with van der Waals surface area (Å²) < 4.78 is 6.98. The van der Waals surface area contributed by atoms with Crippen molar-refractivity contribution in [2.45, 2.75) is 13.5 Å². The lowest BCUT2D eigenvalue weighted by atomic mass is 10.2. The van der Waals surface area contributed by atoms with Gasteiger partial charge in [0.15, 0.2) is 0 Å². The molecule has 0 amide bonds. The highest BCUT2D eigenvalue weighted by Gasteiger charge is 2.12. The van der Waals surface area contributed by atoms with Gasteiger partial charge in [0, 0.05) is 37.0 Å². The van der Waals surface area contributed by atoms with Crippen molar-refractivity contribution in [3.8, 4) is 5.75 Å². The van der Waals surface area contributed by atoms with Gasteiger partial charge in [0.1, 0.15) is 5.75 Å². The van der Waals surface area contributed by atoms with E-state index < -0.39 is 4.92 Å². The summed E-state index contributed by atoms with van der Waals surface area (Å²) >= 11 is 0. The average Bonchev–Trinajstić information content (AvgIpc) is 2.76. The number of anilines is 1. The van der Waals surface area contributed by atoms with Crippen LogP contribution in [-0.4, -0.2) is 21.8 Å². The van der Waals surface area contributed by atoms with Crippen LogP contribution in [0.25, 0.3) is 0 Å². The van der Waals surface area contributed by atoms with Crippen LogP contribution in [0.4, 0.5) is 11.4 Å². The number of aromatic nitrogens is 2. The molecule has 2 aromatic rings. The van der Waals surface area contributed by atoms with Crippen LogP contribution in [0.5, 0.6) is 5.75 Å². The molecule has 1 aromatic carbocycles. The Morgan fingerprint density at radius 3 is 2.80 bits per heavy atom. The molecule has 0 atom stereocenters. The van der Waals surface area contributed by atoms with Crippen molar-refractivity contribution < 1.29 is 9.66 Å². The van der Waals surface area contributed by atoms with E-state index in [-0.39, 0.29) is 5.69 Å². The molecule has 0 bridgehead atoms. The van der Waals surface area contributed by atoms with Crippen molar-refractivity contribution >= 4 is 11.4 Å². The number of non-ortho nitro benzene ring substituents is 1. The van der Waals surface area contributed by atoms with E-state index in [0.717, 1.165) is 11.3 Å². The third-order valence-electron chi connectivity index (χ3n) is 3.20. The first kappa shape index (κ1) is 13.9. The Kier molecular flexibility index (Phi) is 3.88. The van der Waals surface area contributed by atoms with Crippen molar-refractivity contribution in [2.75, 3.05) is 12.4 Å². The molecule has 1 aromatic heterocycles. The lowest BCUT2D eigenvalue weighted by Crippen LogP contribution is -2.03. The van der Waals surface area contributed by atoms with Gasteiger partial charge in [0.05, 0.1) is 23.9 Å². The van der Waals surface area contributed by atoms with Gasteiger partial charge in [-0.3, -0.25) is 14.8 Å². The van der Waals surface area contributed by atoms with E-state index in [9.17, 15) is 10.1 Å². The maximum atomic E-state index is 10.8. The summed E-state index contributed by atoms with van der Waals surface area (Å²) in [6, 6.07) is 4.46. The van der Waals surface area contributed by atoms with Gasteiger partial charge in [-0.25, -0.2) is 0 Å². The second-order valence-corrected chi connectivity index (χ2v) is 4.37. The molecule has 0 saturated heterocycles. The standard InChI is InChI=1S/C13H16N4O3/c1-9-10(8-15-16(9)2)7-14-12-6-11(17(18)19)4-5-13(12)20-3/h4-6,8,14H,7H2,1-3H3. The first-order chi connectivity index (χ1) is 9.52. The summed E-state index contributed by atoms with van der Waals surface area (Å²) in [5.41, 5.74) is 2.68. The van der Waals surface area contributed by atoms with Gasteiger partial charge in [0.2, 0.25) is 0 Å². The number of methoxy groups -OCH3 is 1. The van der Waals surface area contributed by atoms with E-state index in [1.165, 1.54) is 19.2 Å². The molecule has 20 heavy (non-hydrogen) atoms. The highest BCUT2D eigenvalue weighted by Crippen LogP contribution is 2.29. The van der Waals surface area contributed by atoms with E-state index in [1.807, 2.05) is 14.0 Å². The van der Waals surface area contributed by atoms with Crippen molar-refractivity contribution in [3.63, 3.8) is 0 Å². The minimum absolute atomic E-state index is 0.0243.